The second kappa shape index (κ2) is 12.7. The topological polar surface area (TPSA) is 191 Å². The first-order valence-electron chi connectivity index (χ1n) is 10.3. The highest BCUT2D eigenvalue weighted by atomic mass is 32.2. The fraction of sp³-hybridized carbons (Fsp3) is 0.550. The number of ether oxygens (including phenoxy) is 2. The number of carboxylic acid groups (broad SMARTS) is 1. The first-order chi connectivity index (χ1) is 15.7. The van der Waals surface area contributed by atoms with Crippen LogP contribution in [0.1, 0.15) is 40.0 Å². The van der Waals surface area contributed by atoms with Crippen molar-refractivity contribution in [3.63, 3.8) is 0 Å². The molecule has 0 saturated carbocycles. The van der Waals surface area contributed by atoms with Crippen LogP contribution in [0.25, 0.3) is 0 Å². The molecule has 0 spiro atoms. The van der Waals surface area contributed by atoms with Gasteiger partial charge in [0.1, 0.15) is 18.2 Å². The number of benzene rings is 1. The van der Waals surface area contributed by atoms with Crippen LogP contribution in [0.4, 0.5) is 15.3 Å². The van der Waals surface area contributed by atoms with Gasteiger partial charge in [-0.2, -0.15) is 0 Å². The maximum Gasteiger partial charge on any atom is 0.407 e. The minimum atomic E-state index is -3.87. The highest BCUT2D eigenvalue weighted by Crippen LogP contribution is 2.17. The Kier molecular flexibility index (Phi) is 10.7. The van der Waals surface area contributed by atoms with Gasteiger partial charge in [-0.05, 0) is 52.2 Å². The van der Waals surface area contributed by atoms with Gasteiger partial charge in [0.25, 0.3) is 5.69 Å². The van der Waals surface area contributed by atoms with E-state index in [1.54, 1.807) is 20.8 Å². The van der Waals surface area contributed by atoms with Crippen LogP contribution in [0, 0.1) is 10.1 Å². The van der Waals surface area contributed by atoms with Gasteiger partial charge in [-0.3, -0.25) is 10.1 Å². The van der Waals surface area contributed by atoms with Crippen molar-refractivity contribution in [2.75, 3.05) is 18.9 Å². The molecule has 3 N–H and O–H groups in total. The van der Waals surface area contributed by atoms with Crippen molar-refractivity contribution in [3.8, 4) is 0 Å². The summed E-state index contributed by atoms with van der Waals surface area (Å²) in [6.45, 7) is 4.88. The van der Waals surface area contributed by atoms with E-state index in [4.69, 9.17) is 9.47 Å². The number of hydrogen-bond donors (Lipinski definition) is 3. The van der Waals surface area contributed by atoms with E-state index in [9.17, 15) is 38.0 Å². The SMILES string of the molecule is CC(C)(C)OC(=O)NCCCC[C@H](NC(=O)OCCS(=O)(=O)c1ccc([N+](=O)[O-])cc1)C(=O)O. The number of non-ortho nitro benzene ring substituents is 1. The Labute approximate surface area is 196 Å². The zero-order valence-electron chi connectivity index (χ0n) is 19.1. The summed E-state index contributed by atoms with van der Waals surface area (Å²) in [7, 11) is -3.87. The number of unbranched alkanes of at least 4 members (excludes halogenated alkanes) is 1. The molecule has 14 heteroatoms. The van der Waals surface area contributed by atoms with Crippen molar-refractivity contribution in [3.05, 3.63) is 34.4 Å². The molecular weight excluding hydrogens is 474 g/mol. The van der Waals surface area contributed by atoms with Crippen molar-refractivity contribution >= 4 is 33.7 Å². The molecule has 34 heavy (non-hydrogen) atoms. The lowest BCUT2D eigenvalue weighted by Crippen LogP contribution is -2.41. The lowest BCUT2D eigenvalue weighted by Gasteiger charge is -2.19. The molecule has 0 bridgehead atoms. The van der Waals surface area contributed by atoms with Gasteiger partial charge in [-0.25, -0.2) is 22.8 Å². The highest BCUT2D eigenvalue weighted by Gasteiger charge is 2.22. The van der Waals surface area contributed by atoms with Gasteiger partial charge in [0.05, 0.1) is 15.6 Å². The van der Waals surface area contributed by atoms with Crippen molar-refractivity contribution in [1.29, 1.82) is 0 Å². The zero-order chi connectivity index (χ0) is 25.9. The molecule has 1 rings (SSSR count). The molecule has 0 aliphatic heterocycles. The number of amides is 2. The van der Waals surface area contributed by atoms with Gasteiger partial charge in [-0.1, -0.05) is 0 Å². The molecule has 0 saturated heterocycles. The summed E-state index contributed by atoms with van der Waals surface area (Å²) in [5.74, 6) is -1.89. The lowest BCUT2D eigenvalue weighted by atomic mass is 10.1. The Bertz CT molecular complexity index is 971. The van der Waals surface area contributed by atoms with Crippen LogP contribution in [0.2, 0.25) is 0 Å². The molecule has 0 heterocycles. The third-order valence-electron chi connectivity index (χ3n) is 4.17. The van der Waals surface area contributed by atoms with Gasteiger partial charge >= 0.3 is 18.2 Å². The molecule has 0 aliphatic rings. The summed E-state index contributed by atoms with van der Waals surface area (Å²) < 4.78 is 34.3. The number of carbonyl (C=O) groups excluding carboxylic acids is 2. The number of sulfone groups is 1. The molecular formula is C20H29N3O10S. The third kappa shape index (κ3) is 10.9. The van der Waals surface area contributed by atoms with E-state index < -0.39 is 56.9 Å². The van der Waals surface area contributed by atoms with Crippen molar-refractivity contribution in [2.45, 2.75) is 56.6 Å². The van der Waals surface area contributed by atoms with E-state index in [2.05, 4.69) is 10.6 Å². The second-order valence-electron chi connectivity index (χ2n) is 8.17. The average Bonchev–Trinajstić information content (AvgIpc) is 2.71. The Hall–Kier alpha value is -3.42. The summed E-state index contributed by atoms with van der Waals surface area (Å²) >= 11 is 0. The first-order valence-corrected chi connectivity index (χ1v) is 12.0. The van der Waals surface area contributed by atoms with Gasteiger partial charge in [-0.15, -0.1) is 0 Å². The molecule has 190 valence electrons. The number of carbonyl (C=O) groups is 3. The Morgan fingerprint density at radius 2 is 1.74 bits per heavy atom. The smallest absolute Gasteiger partial charge is 0.407 e. The summed E-state index contributed by atoms with van der Waals surface area (Å²) in [5, 5.41) is 24.6. The number of nitro groups is 1. The summed E-state index contributed by atoms with van der Waals surface area (Å²) in [6, 6.07) is 2.97. The Balaban J connectivity index is 2.41. The maximum atomic E-state index is 12.2. The summed E-state index contributed by atoms with van der Waals surface area (Å²) in [4.78, 5) is 44.6. The first kappa shape index (κ1) is 28.6. The predicted molar refractivity (Wildman–Crippen MR) is 119 cm³/mol. The van der Waals surface area contributed by atoms with Crippen LogP contribution in [-0.2, 0) is 24.1 Å². The van der Waals surface area contributed by atoms with E-state index in [1.165, 1.54) is 0 Å². The van der Waals surface area contributed by atoms with Crippen molar-refractivity contribution in [1.82, 2.24) is 10.6 Å². The van der Waals surface area contributed by atoms with E-state index in [0.29, 0.717) is 12.8 Å². The fourth-order valence-electron chi connectivity index (χ4n) is 2.56. The number of alkyl carbamates (subject to hydrolysis) is 2. The number of nitrogens with zero attached hydrogens (tertiary/aromatic N) is 1. The molecule has 1 aromatic carbocycles. The molecule has 2 amide bonds. The van der Waals surface area contributed by atoms with E-state index in [1.807, 2.05) is 0 Å². The predicted octanol–water partition coefficient (Wildman–Crippen LogP) is 2.24. The number of rotatable bonds is 12. The molecule has 0 fully saturated rings. The van der Waals surface area contributed by atoms with Crippen LogP contribution >= 0.6 is 0 Å². The lowest BCUT2D eigenvalue weighted by molar-refractivity contribution is -0.384. The van der Waals surface area contributed by atoms with Crippen molar-refractivity contribution < 1.29 is 42.3 Å². The van der Waals surface area contributed by atoms with Crippen LogP contribution in [0.3, 0.4) is 0 Å². The van der Waals surface area contributed by atoms with E-state index in [0.717, 1.165) is 24.3 Å². The second-order valence-corrected chi connectivity index (χ2v) is 10.3. The average molecular weight is 504 g/mol. The molecule has 1 aromatic rings. The van der Waals surface area contributed by atoms with Gasteiger partial charge in [0.2, 0.25) is 0 Å². The molecule has 0 aromatic heterocycles. The molecule has 1 atom stereocenters. The minimum Gasteiger partial charge on any atom is -0.480 e. The Morgan fingerprint density at radius 3 is 2.26 bits per heavy atom. The molecule has 0 aliphatic carbocycles. The quantitative estimate of drug-likeness (QED) is 0.216. The number of hydrogen-bond acceptors (Lipinski definition) is 9. The van der Waals surface area contributed by atoms with Gasteiger partial charge < -0.3 is 25.2 Å². The number of carboxylic acids is 1. The summed E-state index contributed by atoms with van der Waals surface area (Å²) in [6.07, 6.45) is -0.832. The fourth-order valence-corrected chi connectivity index (χ4v) is 3.65. The largest absolute Gasteiger partial charge is 0.480 e. The normalized spacial score (nSPS) is 12.3. The van der Waals surface area contributed by atoms with E-state index in [-0.39, 0.29) is 23.5 Å². The Morgan fingerprint density at radius 1 is 1.12 bits per heavy atom. The number of nitrogens with one attached hydrogen (secondary N) is 2. The number of nitro benzene ring substituents is 1. The minimum absolute atomic E-state index is 0.0571. The van der Waals surface area contributed by atoms with Crippen LogP contribution in [0.5, 0.6) is 0 Å². The van der Waals surface area contributed by atoms with Crippen LogP contribution in [-0.4, -0.2) is 67.2 Å². The highest BCUT2D eigenvalue weighted by molar-refractivity contribution is 7.91. The molecule has 13 nitrogen and oxygen atoms in total. The van der Waals surface area contributed by atoms with Gasteiger partial charge in [0, 0.05) is 18.7 Å². The monoisotopic (exact) mass is 503 g/mol. The van der Waals surface area contributed by atoms with Crippen molar-refractivity contribution in [2.24, 2.45) is 0 Å². The maximum absolute atomic E-state index is 12.2. The van der Waals surface area contributed by atoms with Crippen LogP contribution < -0.4 is 10.6 Å². The van der Waals surface area contributed by atoms with E-state index >= 15 is 0 Å². The number of aliphatic carboxylic acids is 1. The summed E-state index contributed by atoms with van der Waals surface area (Å²) in [5.41, 5.74) is -0.904. The third-order valence-corrected chi connectivity index (χ3v) is 5.86. The standard InChI is InChI=1S/C20H29N3O10S/c1-20(2,3)33-18(26)21-11-5-4-6-16(17(24)25)22-19(27)32-12-13-34(30,31)15-9-7-14(8-10-15)23(28)29/h7-10,16H,4-6,11-13H2,1-3H3,(H,21,26)(H,22,27)(H,24,25)/t16-/m0/s1. The molecule has 0 unspecified atom stereocenters. The van der Waals surface area contributed by atoms with Crippen LogP contribution in [0.15, 0.2) is 29.2 Å². The zero-order valence-corrected chi connectivity index (χ0v) is 19.9. The van der Waals surface area contributed by atoms with Gasteiger partial charge in [0.15, 0.2) is 9.84 Å². The molecule has 0 radical (unpaired) electrons.